The lowest BCUT2D eigenvalue weighted by molar-refractivity contribution is 1.23. The summed E-state index contributed by atoms with van der Waals surface area (Å²) in [6.45, 7) is 3.93. The Bertz CT molecular complexity index is 474. The Hall–Kier alpha value is -1.29. The lowest BCUT2D eigenvalue weighted by atomic mass is 10.2. The molecule has 0 aromatic carbocycles. The molecule has 0 unspecified atom stereocenters. The van der Waals surface area contributed by atoms with Crippen molar-refractivity contribution in [3.05, 3.63) is 16.4 Å². The van der Waals surface area contributed by atoms with Crippen LogP contribution in [0.5, 0.6) is 0 Å². The van der Waals surface area contributed by atoms with E-state index in [1.807, 2.05) is 13.8 Å². The Morgan fingerprint density at radius 3 is 2.69 bits per heavy atom. The first-order valence-electron chi connectivity index (χ1n) is 3.87. The fourth-order valence-corrected chi connectivity index (χ4v) is 1.51. The molecule has 0 atom stereocenters. The summed E-state index contributed by atoms with van der Waals surface area (Å²) in [6, 6.07) is 0. The van der Waals surface area contributed by atoms with Crippen molar-refractivity contribution in [3.63, 3.8) is 0 Å². The van der Waals surface area contributed by atoms with Crippen LogP contribution in [0.15, 0.2) is 0 Å². The number of anilines is 1. The van der Waals surface area contributed by atoms with Crippen LogP contribution in [0, 0.1) is 13.8 Å². The standard InChI is InChI=1S/C8H9ClN4/c1-3-4(2)11-6-5(3)12-8(10)13-7(6)9/h11H,1-2H3,(H2,10,12,13). The smallest absolute Gasteiger partial charge is 0.222 e. The highest BCUT2D eigenvalue weighted by Gasteiger charge is 2.10. The minimum Gasteiger partial charge on any atom is -0.368 e. The minimum atomic E-state index is 0.208. The number of nitrogens with one attached hydrogen (secondary N) is 1. The Morgan fingerprint density at radius 2 is 2.00 bits per heavy atom. The molecular weight excluding hydrogens is 188 g/mol. The molecule has 0 bridgehead atoms. The molecule has 68 valence electrons. The predicted molar refractivity (Wildman–Crippen MR) is 52.8 cm³/mol. The minimum absolute atomic E-state index is 0.208. The van der Waals surface area contributed by atoms with Crippen molar-refractivity contribution < 1.29 is 0 Å². The van der Waals surface area contributed by atoms with E-state index in [0.29, 0.717) is 5.15 Å². The topological polar surface area (TPSA) is 67.6 Å². The molecule has 0 saturated carbocycles. The number of H-pyrrole nitrogens is 1. The summed E-state index contributed by atoms with van der Waals surface area (Å²) in [5.41, 5.74) is 9.14. The average Bonchev–Trinajstić information content (AvgIpc) is 2.32. The van der Waals surface area contributed by atoms with Crippen molar-refractivity contribution in [2.75, 3.05) is 5.73 Å². The zero-order valence-corrected chi connectivity index (χ0v) is 8.11. The molecule has 0 radical (unpaired) electrons. The van der Waals surface area contributed by atoms with Crippen LogP contribution in [0.4, 0.5) is 5.95 Å². The van der Waals surface area contributed by atoms with Gasteiger partial charge in [0.2, 0.25) is 5.95 Å². The largest absolute Gasteiger partial charge is 0.368 e. The van der Waals surface area contributed by atoms with Crippen molar-refractivity contribution in [3.8, 4) is 0 Å². The highest BCUT2D eigenvalue weighted by atomic mass is 35.5. The zero-order chi connectivity index (χ0) is 9.59. The highest BCUT2D eigenvalue weighted by molar-refractivity contribution is 6.33. The molecule has 2 heterocycles. The molecule has 0 fully saturated rings. The van der Waals surface area contributed by atoms with Gasteiger partial charge in [0.1, 0.15) is 5.52 Å². The monoisotopic (exact) mass is 196 g/mol. The number of nitrogen functional groups attached to an aromatic ring is 1. The molecule has 2 aromatic rings. The fourth-order valence-electron chi connectivity index (χ4n) is 1.29. The van der Waals surface area contributed by atoms with Crippen LogP contribution in [0.1, 0.15) is 11.3 Å². The number of hydrogen-bond acceptors (Lipinski definition) is 3. The molecule has 0 amide bonds. The molecule has 0 aliphatic carbocycles. The summed E-state index contributed by atoms with van der Waals surface area (Å²) in [6.07, 6.45) is 0. The lowest BCUT2D eigenvalue weighted by Crippen LogP contribution is -1.95. The maximum atomic E-state index is 5.89. The number of nitrogens with two attached hydrogens (primary N) is 1. The number of aromatic amines is 1. The summed E-state index contributed by atoms with van der Waals surface area (Å²) < 4.78 is 0. The van der Waals surface area contributed by atoms with Crippen LogP contribution in [-0.4, -0.2) is 15.0 Å². The summed E-state index contributed by atoms with van der Waals surface area (Å²) in [5.74, 6) is 0.208. The van der Waals surface area contributed by atoms with Crippen LogP contribution >= 0.6 is 11.6 Å². The number of rotatable bonds is 0. The second-order valence-corrected chi connectivity index (χ2v) is 3.33. The van der Waals surface area contributed by atoms with Crippen LogP contribution in [0.2, 0.25) is 5.15 Å². The Morgan fingerprint density at radius 1 is 1.31 bits per heavy atom. The number of fused-ring (bicyclic) bond motifs is 1. The van der Waals surface area contributed by atoms with Crippen molar-refractivity contribution in [2.45, 2.75) is 13.8 Å². The number of nitrogens with zero attached hydrogens (tertiary/aromatic N) is 2. The predicted octanol–water partition coefficient (Wildman–Crippen LogP) is 1.81. The highest BCUT2D eigenvalue weighted by Crippen LogP contribution is 2.24. The Balaban J connectivity index is 2.94. The second-order valence-electron chi connectivity index (χ2n) is 2.97. The van der Waals surface area contributed by atoms with Crippen LogP contribution in [0.25, 0.3) is 11.0 Å². The van der Waals surface area contributed by atoms with E-state index in [1.165, 1.54) is 0 Å². The molecule has 0 aliphatic heterocycles. The number of aromatic nitrogens is 3. The first-order valence-corrected chi connectivity index (χ1v) is 4.25. The van der Waals surface area contributed by atoms with Gasteiger partial charge in [-0.1, -0.05) is 11.6 Å². The molecule has 13 heavy (non-hydrogen) atoms. The van der Waals surface area contributed by atoms with E-state index >= 15 is 0 Å². The Kier molecular flexibility index (Phi) is 1.66. The van der Waals surface area contributed by atoms with Crippen LogP contribution in [0.3, 0.4) is 0 Å². The summed E-state index contributed by atoms with van der Waals surface area (Å²) in [5, 5.41) is 0.374. The van der Waals surface area contributed by atoms with E-state index in [-0.39, 0.29) is 5.95 Å². The third-order valence-electron chi connectivity index (χ3n) is 2.11. The number of aryl methyl sites for hydroxylation is 2. The van der Waals surface area contributed by atoms with Crippen molar-refractivity contribution in [1.29, 1.82) is 0 Å². The molecule has 2 rings (SSSR count). The maximum Gasteiger partial charge on any atom is 0.222 e. The molecule has 2 aromatic heterocycles. The van der Waals surface area contributed by atoms with E-state index in [0.717, 1.165) is 22.3 Å². The van der Waals surface area contributed by atoms with E-state index in [1.54, 1.807) is 0 Å². The van der Waals surface area contributed by atoms with E-state index in [2.05, 4.69) is 15.0 Å². The quantitative estimate of drug-likeness (QED) is 0.632. The average molecular weight is 197 g/mol. The van der Waals surface area contributed by atoms with Gasteiger partial charge in [0.15, 0.2) is 5.15 Å². The van der Waals surface area contributed by atoms with Gasteiger partial charge < -0.3 is 10.7 Å². The Labute approximate surface area is 80.1 Å². The molecule has 0 saturated heterocycles. The first-order chi connectivity index (χ1) is 6.09. The van der Waals surface area contributed by atoms with Gasteiger partial charge in [-0.05, 0) is 19.4 Å². The maximum absolute atomic E-state index is 5.89. The van der Waals surface area contributed by atoms with Crippen molar-refractivity contribution in [2.24, 2.45) is 0 Å². The normalized spacial score (nSPS) is 11.0. The van der Waals surface area contributed by atoms with Gasteiger partial charge in [0.25, 0.3) is 0 Å². The molecule has 0 aliphatic rings. The SMILES string of the molecule is Cc1[nH]c2c(Cl)nc(N)nc2c1C. The van der Waals surface area contributed by atoms with Gasteiger partial charge in [0.05, 0.1) is 5.52 Å². The van der Waals surface area contributed by atoms with Crippen LogP contribution in [-0.2, 0) is 0 Å². The molecule has 0 spiro atoms. The number of hydrogen-bond donors (Lipinski definition) is 2. The third kappa shape index (κ3) is 1.14. The van der Waals surface area contributed by atoms with E-state index in [9.17, 15) is 0 Å². The van der Waals surface area contributed by atoms with Gasteiger partial charge in [-0.25, -0.2) is 4.98 Å². The molecule has 4 nitrogen and oxygen atoms in total. The summed E-state index contributed by atoms with van der Waals surface area (Å²) in [4.78, 5) is 11.1. The van der Waals surface area contributed by atoms with Gasteiger partial charge >= 0.3 is 0 Å². The third-order valence-corrected chi connectivity index (χ3v) is 2.39. The zero-order valence-electron chi connectivity index (χ0n) is 7.35. The molecule has 5 heteroatoms. The molecular formula is C8H9ClN4. The van der Waals surface area contributed by atoms with Gasteiger partial charge in [0, 0.05) is 5.69 Å². The summed E-state index contributed by atoms with van der Waals surface area (Å²) >= 11 is 5.89. The van der Waals surface area contributed by atoms with Crippen molar-refractivity contribution in [1.82, 2.24) is 15.0 Å². The molecule has 3 N–H and O–H groups in total. The van der Waals surface area contributed by atoms with E-state index in [4.69, 9.17) is 17.3 Å². The second kappa shape index (κ2) is 2.60. The van der Waals surface area contributed by atoms with Crippen LogP contribution < -0.4 is 5.73 Å². The van der Waals surface area contributed by atoms with Gasteiger partial charge in [-0.3, -0.25) is 0 Å². The first kappa shape index (κ1) is 8.31. The lowest BCUT2D eigenvalue weighted by Gasteiger charge is -1.95. The van der Waals surface area contributed by atoms with Gasteiger partial charge in [-0.15, -0.1) is 0 Å². The fraction of sp³-hybridized carbons (Fsp3) is 0.250. The number of halogens is 1. The van der Waals surface area contributed by atoms with Gasteiger partial charge in [-0.2, -0.15) is 4.98 Å². The van der Waals surface area contributed by atoms with Crippen molar-refractivity contribution >= 4 is 28.6 Å². The summed E-state index contributed by atoms with van der Waals surface area (Å²) in [7, 11) is 0. The van der Waals surface area contributed by atoms with E-state index < -0.39 is 0 Å².